The second kappa shape index (κ2) is 4.35. The highest BCUT2D eigenvalue weighted by molar-refractivity contribution is 6.07. The molecule has 0 bridgehead atoms. The number of hydrogen-bond acceptors (Lipinski definition) is 3. The maximum atomic E-state index is 12.4. The summed E-state index contributed by atoms with van der Waals surface area (Å²) in [6, 6.07) is 3.59. The third-order valence-corrected chi connectivity index (χ3v) is 3.70. The first-order valence-electron chi connectivity index (χ1n) is 6.22. The zero-order valence-corrected chi connectivity index (χ0v) is 11.7. The summed E-state index contributed by atoms with van der Waals surface area (Å²) in [6.07, 6.45) is 0. The minimum absolute atomic E-state index is 0.0483. The van der Waals surface area contributed by atoms with Gasteiger partial charge in [-0.25, -0.2) is 4.79 Å². The molecule has 0 aromatic heterocycles. The average molecular weight is 261 g/mol. The van der Waals surface area contributed by atoms with Crippen molar-refractivity contribution >= 4 is 11.9 Å². The smallest absolute Gasteiger partial charge is 0.325 e. The van der Waals surface area contributed by atoms with Gasteiger partial charge in [0.15, 0.2) is 5.54 Å². The lowest BCUT2D eigenvalue weighted by atomic mass is 9.83. The number of imide groups is 1. The summed E-state index contributed by atoms with van der Waals surface area (Å²) in [5, 5.41) is 2.75. The summed E-state index contributed by atoms with van der Waals surface area (Å²) in [7, 11) is 1.47. The number of urea groups is 1. The number of amides is 3. The van der Waals surface area contributed by atoms with Gasteiger partial charge >= 0.3 is 6.03 Å². The number of carbonyl (C=O) groups is 2. The molecule has 1 aliphatic rings. The van der Waals surface area contributed by atoms with Gasteiger partial charge in [0.05, 0.1) is 0 Å². The molecule has 1 heterocycles. The molecule has 1 aliphatic heterocycles. The molecule has 1 atom stereocenters. The van der Waals surface area contributed by atoms with Gasteiger partial charge in [0.25, 0.3) is 5.91 Å². The number of likely N-dealkylation sites (N-methyl/N-ethyl adjacent to an activating group) is 1. The van der Waals surface area contributed by atoms with E-state index < -0.39 is 11.6 Å². The lowest BCUT2D eigenvalue weighted by molar-refractivity contribution is -0.130. The Balaban J connectivity index is 2.68. The monoisotopic (exact) mass is 261 g/mol. The van der Waals surface area contributed by atoms with E-state index in [0.29, 0.717) is 0 Å². The van der Waals surface area contributed by atoms with Crippen LogP contribution in [0.25, 0.3) is 0 Å². The Labute approximate surface area is 112 Å². The van der Waals surface area contributed by atoms with Crippen molar-refractivity contribution in [3.05, 3.63) is 34.4 Å². The molecule has 19 heavy (non-hydrogen) atoms. The summed E-state index contributed by atoms with van der Waals surface area (Å²) in [5.74, 6) is -0.296. The number of hydrogen-bond donors (Lipinski definition) is 2. The number of carbonyl (C=O) groups excluding carboxylic acids is 2. The number of nitrogens with one attached hydrogen (secondary N) is 1. The fraction of sp³-hybridized carbons (Fsp3) is 0.429. The van der Waals surface area contributed by atoms with Crippen molar-refractivity contribution in [1.82, 2.24) is 10.2 Å². The van der Waals surface area contributed by atoms with Crippen LogP contribution in [0.2, 0.25) is 0 Å². The van der Waals surface area contributed by atoms with E-state index in [4.69, 9.17) is 5.73 Å². The predicted octanol–water partition coefficient (Wildman–Crippen LogP) is 0.947. The molecule has 5 nitrogen and oxygen atoms in total. The van der Waals surface area contributed by atoms with Crippen LogP contribution in [0, 0.1) is 20.8 Å². The van der Waals surface area contributed by atoms with Crippen molar-refractivity contribution in [3.63, 3.8) is 0 Å². The lowest BCUT2D eigenvalue weighted by Gasteiger charge is -2.29. The molecule has 2 rings (SSSR count). The van der Waals surface area contributed by atoms with E-state index in [0.717, 1.165) is 27.2 Å². The lowest BCUT2D eigenvalue weighted by Crippen LogP contribution is -2.51. The van der Waals surface area contributed by atoms with Crippen molar-refractivity contribution in [2.75, 3.05) is 13.6 Å². The molecular weight excluding hydrogens is 242 g/mol. The summed E-state index contributed by atoms with van der Waals surface area (Å²) in [4.78, 5) is 25.3. The Hall–Kier alpha value is -1.88. The van der Waals surface area contributed by atoms with Gasteiger partial charge in [-0.15, -0.1) is 0 Å². The van der Waals surface area contributed by atoms with E-state index in [9.17, 15) is 9.59 Å². The number of nitrogens with two attached hydrogens (primary N) is 1. The first-order chi connectivity index (χ1) is 8.83. The second-order valence-corrected chi connectivity index (χ2v) is 5.18. The molecule has 0 saturated carbocycles. The van der Waals surface area contributed by atoms with Gasteiger partial charge in [0.1, 0.15) is 0 Å². The standard InChI is InChI=1S/C14H19N3O2/c1-8-5-9(2)11(10(3)6-8)14(7-15)12(18)17(4)13(19)16-14/h5-6H,7,15H2,1-4H3,(H,16,19). The molecule has 5 heteroatoms. The fourth-order valence-corrected chi connectivity index (χ4v) is 2.96. The molecule has 0 spiro atoms. The van der Waals surface area contributed by atoms with Crippen molar-refractivity contribution in [2.24, 2.45) is 5.73 Å². The van der Waals surface area contributed by atoms with E-state index in [2.05, 4.69) is 5.32 Å². The normalized spacial score (nSPS) is 22.9. The van der Waals surface area contributed by atoms with Crippen LogP contribution in [0.4, 0.5) is 4.79 Å². The van der Waals surface area contributed by atoms with Gasteiger partial charge in [-0.1, -0.05) is 17.7 Å². The van der Waals surface area contributed by atoms with Gasteiger partial charge in [-0.2, -0.15) is 0 Å². The molecule has 1 aromatic carbocycles. The molecule has 102 valence electrons. The molecule has 1 fully saturated rings. The van der Waals surface area contributed by atoms with Crippen LogP contribution in [0.3, 0.4) is 0 Å². The maximum absolute atomic E-state index is 12.4. The minimum Gasteiger partial charge on any atom is -0.327 e. The van der Waals surface area contributed by atoms with Crippen LogP contribution in [-0.4, -0.2) is 30.4 Å². The molecular formula is C14H19N3O2. The minimum atomic E-state index is -1.13. The molecule has 1 aromatic rings. The highest BCUT2D eigenvalue weighted by atomic mass is 16.2. The molecule has 3 N–H and O–H groups in total. The van der Waals surface area contributed by atoms with Gasteiger partial charge < -0.3 is 11.1 Å². The summed E-state index contributed by atoms with van der Waals surface area (Å²) in [5.41, 5.74) is 8.56. The molecule has 0 aliphatic carbocycles. The van der Waals surface area contributed by atoms with Crippen molar-refractivity contribution in [2.45, 2.75) is 26.3 Å². The van der Waals surface area contributed by atoms with Crippen LogP contribution in [0.5, 0.6) is 0 Å². The Kier molecular flexibility index (Phi) is 3.10. The van der Waals surface area contributed by atoms with Gasteiger partial charge in [-0.05, 0) is 37.5 Å². The zero-order valence-electron chi connectivity index (χ0n) is 11.7. The number of nitrogens with zero attached hydrogens (tertiary/aromatic N) is 1. The predicted molar refractivity (Wildman–Crippen MR) is 72.7 cm³/mol. The quantitative estimate of drug-likeness (QED) is 0.778. The topological polar surface area (TPSA) is 75.4 Å². The summed E-state index contributed by atoms with van der Waals surface area (Å²) in [6.45, 7) is 5.92. The maximum Gasteiger partial charge on any atom is 0.325 e. The second-order valence-electron chi connectivity index (χ2n) is 5.18. The van der Waals surface area contributed by atoms with Crippen molar-refractivity contribution in [3.8, 4) is 0 Å². The van der Waals surface area contributed by atoms with Gasteiger partial charge in [-0.3, -0.25) is 9.69 Å². The van der Waals surface area contributed by atoms with Crippen molar-refractivity contribution in [1.29, 1.82) is 0 Å². The third-order valence-electron chi connectivity index (χ3n) is 3.70. The number of aryl methyl sites for hydroxylation is 3. The summed E-state index contributed by atoms with van der Waals surface area (Å²) >= 11 is 0. The van der Waals surface area contributed by atoms with E-state index in [1.165, 1.54) is 7.05 Å². The van der Waals surface area contributed by atoms with E-state index in [1.807, 2.05) is 32.9 Å². The first kappa shape index (κ1) is 13.5. The van der Waals surface area contributed by atoms with Crippen LogP contribution in [0.1, 0.15) is 22.3 Å². The average Bonchev–Trinajstić information content (AvgIpc) is 2.53. The Morgan fingerprint density at radius 1 is 1.21 bits per heavy atom. The summed E-state index contributed by atoms with van der Waals surface area (Å²) < 4.78 is 0. The molecule has 1 saturated heterocycles. The zero-order chi connectivity index (χ0) is 14.4. The van der Waals surface area contributed by atoms with Crippen LogP contribution in [0.15, 0.2) is 12.1 Å². The van der Waals surface area contributed by atoms with Gasteiger partial charge in [0.2, 0.25) is 0 Å². The molecule has 0 radical (unpaired) electrons. The fourth-order valence-electron chi connectivity index (χ4n) is 2.96. The number of benzene rings is 1. The Bertz CT molecular complexity index is 545. The van der Waals surface area contributed by atoms with Crippen molar-refractivity contribution < 1.29 is 9.59 Å². The van der Waals surface area contributed by atoms with E-state index in [1.54, 1.807) is 0 Å². The van der Waals surface area contributed by atoms with Gasteiger partial charge in [0, 0.05) is 13.6 Å². The van der Waals surface area contributed by atoms with Crippen LogP contribution in [-0.2, 0) is 10.3 Å². The largest absolute Gasteiger partial charge is 0.327 e. The Morgan fingerprint density at radius 2 is 1.74 bits per heavy atom. The SMILES string of the molecule is Cc1cc(C)c(C2(CN)NC(=O)N(C)C2=O)c(C)c1. The number of rotatable bonds is 2. The van der Waals surface area contributed by atoms with Crippen LogP contribution >= 0.6 is 0 Å². The Morgan fingerprint density at radius 3 is 2.11 bits per heavy atom. The van der Waals surface area contributed by atoms with E-state index in [-0.39, 0.29) is 12.5 Å². The highest BCUT2D eigenvalue weighted by Gasteiger charge is 2.51. The first-order valence-corrected chi connectivity index (χ1v) is 6.22. The molecule has 1 unspecified atom stereocenters. The van der Waals surface area contributed by atoms with E-state index >= 15 is 0 Å². The molecule has 3 amide bonds. The van der Waals surface area contributed by atoms with Crippen LogP contribution < -0.4 is 11.1 Å². The highest BCUT2D eigenvalue weighted by Crippen LogP contribution is 2.33. The third kappa shape index (κ3) is 1.81.